The Bertz CT molecular complexity index is 816. The molecule has 0 unspecified atom stereocenters. The van der Waals surface area contributed by atoms with Crippen molar-refractivity contribution in [2.24, 2.45) is 5.41 Å². The van der Waals surface area contributed by atoms with E-state index in [9.17, 15) is 9.59 Å². The molecule has 0 atom stereocenters. The van der Waals surface area contributed by atoms with Gasteiger partial charge in [-0.25, -0.2) is 0 Å². The molecule has 6 heteroatoms. The summed E-state index contributed by atoms with van der Waals surface area (Å²) in [6.07, 6.45) is 2.74. The molecule has 0 saturated carbocycles. The van der Waals surface area contributed by atoms with Gasteiger partial charge < -0.3 is 10.6 Å². The lowest BCUT2D eigenvalue weighted by Gasteiger charge is -2.19. The molecule has 1 aromatic carbocycles. The third-order valence-electron chi connectivity index (χ3n) is 4.06. The molecule has 0 aliphatic heterocycles. The molecule has 26 heavy (non-hydrogen) atoms. The number of amides is 2. The van der Waals surface area contributed by atoms with Gasteiger partial charge in [-0.1, -0.05) is 27.7 Å². The molecule has 1 heterocycles. The molecule has 140 valence electrons. The van der Waals surface area contributed by atoms with E-state index < -0.39 is 5.41 Å². The van der Waals surface area contributed by atoms with Crippen LogP contribution in [0.1, 0.15) is 55.7 Å². The molecular formula is C20H28N4O2. The van der Waals surface area contributed by atoms with Crippen molar-refractivity contribution in [1.29, 1.82) is 0 Å². The van der Waals surface area contributed by atoms with Gasteiger partial charge in [0.1, 0.15) is 0 Å². The number of hydrogen-bond acceptors (Lipinski definition) is 3. The molecule has 1 aromatic heterocycles. The van der Waals surface area contributed by atoms with Gasteiger partial charge in [-0.05, 0) is 44.0 Å². The van der Waals surface area contributed by atoms with Gasteiger partial charge in [0, 0.05) is 29.5 Å². The molecule has 0 aliphatic rings. The smallest absolute Gasteiger partial charge is 0.259 e. The largest absolute Gasteiger partial charge is 0.325 e. The van der Waals surface area contributed by atoms with Crippen molar-refractivity contribution in [1.82, 2.24) is 9.78 Å². The number of carbonyl (C=O) groups is 2. The summed E-state index contributed by atoms with van der Waals surface area (Å²) in [5.41, 5.74) is 3.13. The molecule has 2 aromatic rings. The highest BCUT2D eigenvalue weighted by Gasteiger charge is 2.21. The van der Waals surface area contributed by atoms with Gasteiger partial charge in [0.15, 0.2) is 0 Å². The van der Waals surface area contributed by atoms with Crippen LogP contribution >= 0.6 is 0 Å². The molecule has 0 saturated heterocycles. The molecule has 2 rings (SSSR count). The minimum Gasteiger partial charge on any atom is -0.325 e. The number of anilines is 2. The Morgan fingerprint density at radius 3 is 2.42 bits per heavy atom. The quantitative estimate of drug-likeness (QED) is 0.845. The van der Waals surface area contributed by atoms with Crippen LogP contribution in [0.2, 0.25) is 0 Å². The fourth-order valence-corrected chi connectivity index (χ4v) is 2.47. The van der Waals surface area contributed by atoms with Crippen LogP contribution in [0.15, 0.2) is 24.4 Å². The van der Waals surface area contributed by atoms with Crippen LogP contribution in [-0.4, -0.2) is 21.6 Å². The van der Waals surface area contributed by atoms with Crippen molar-refractivity contribution in [3.05, 3.63) is 41.2 Å². The standard InChI is InChI=1S/C20H28N4O2/c1-7-10-24-12-16(14(3)23-24)18(25)21-15-8-9-17(13(2)11-15)22-19(26)20(4,5)6/h8-9,11-12H,7,10H2,1-6H3,(H,21,25)(H,22,26). The van der Waals surface area contributed by atoms with Crippen LogP contribution in [0.5, 0.6) is 0 Å². The molecular weight excluding hydrogens is 328 g/mol. The van der Waals surface area contributed by atoms with Crippen LogP contribution in [-0.2, 0) is 11.3 Å². The minimum absolute atomic E-state index is 0.0450. The van der Waals surface area contributed by atoms with E-state index in [0.717, 1.165) is 24.2 Å². The van der Waals surface area contributed by atoms with Crippen LogP contribution < -0.4 is 10.6 Å². The van der Waals surface area contributed by atoms with Crippen molar-refractivity contribution in [3.63, 3.8) is 0 Å². The van der Waals surface area contributed by atoms with Crippen molar-refractivity contribution in [2.75, 3.05) is 10.6 Å². The first-order valence-electron chi connectivity index (χ1n) is 8.89. The third-order valence-corrected chi connectivity index (χ3v) is 4.06. The van der Waals surface area contributed by atoms with E-state index in [-0.39, 0.29) is 11.8 Å². The van der Waals surface area contributed by atoms with Crippen LogP contribution in [0, 0.1) is 19.3 Å². The summed E-state index contributed by atoms with van der Waals surface area (Å²) in [7, 11) is 0. The average molecular weight is 356 g/mol. The van der Waals surface area contributed by atoms with Gasteiger partial charge in [-0.15, -0.1) is 0 Å². The van der Waals surface area contributed by atoms with Crippen molar-refractivity contribution in [3.8, 4) is 0 Å². The van der Waals surface area contributed by atoms with E-state index in [4.69, 9.17) is 0 Å². The number of carbonyl (C=O) groups excluding carboxylic acids is 2. The van der Waals surface area contributed by atoms with Gasteiger partial charge in [-0.2, -0.15) is 5.10 Å². The lowest BCUT2D eigenvalue weighted by Crippen LogP contribution is -2.27. The first-order valence-corrected chi connectivity index (χ1v) is 8.89. The number of hydrogen-bond donors (Lipinski definition) is 2. The summed E-state index contributed by atoms with van der Waals surface area (Å²) >= 11 is 0. The summed E-state index contributed by atoms with van der Waals surface area (Å²) < 4.78 is 1.79. The molecule has 2 N–H and O–H groups in total. The van der Waals surface area contributed by atoms with Crippen LogP contribution in [0.4, 0.5) is 11.4 Å². The highest BCUT2D eigenvalue weighted by atomic mass is 16.2. The van der Waals surface area contributed by atoms with Crippen LogP contribution in [0.3, 0.4) is 0 Å². The minimum atomic E-state index is -0.463. The maximum atomic E-state index is 12.5. The van der Waals surface area contributed by atoms with E-state index in [1.54, 1.807) is 16.9 Å². The van der Waals surface area contributed by atoms with Crippen molar-refractivity contribution in [2.45, 2.75) is 54.5 Å². The molecule has 0 spiro atoms. The van der Waals surface area contributed by atoms with Gasteiger partial charge in [-0.3, -0.25) is 14.3 Å². The fourth-order valence-electron chi connectivity index (χ4n) is 2.47. The third kappa shape index (κ3) is 4.71. The molecule has 0 radical (unpaired) electrons. The summed E-state index contributed by atoms with van der Waals surface area (Å²) in [5, 5.41) is 10.2. The number of rotatable bonds is 5. The topological polar surface area (TPSA) is 76.0 Å². The predicted molar refractivity (Wildman–Crippen MR) is 104 cm³/mol. The first kappa shape index (κ1) is 19.7. The maximum absolute atomic E-state index is 12.5. The van der Waals surface area contributed by atoms with E-state index in [1.165, 1.54) is 0 Å². The zero-order valence-corrected chi connectivity index (χ0v) is 16.4. The lowest BCUT2D eigenvalue weighted by molar-refractivity contribution is -0.123. The molecule has 0 bridgehead atoms. The van der Waals surface area contributed by atoms with Gasteiger partial charge in [0.05, 0.1) is 11.3 Å². The normalized spacial score (nSPS) is 11.3. The second kappa shape index (κ2) is 7.72. The zero-order chi connectivity index (χ0) is 19.5. The number of aromatic nitrogens is 2. The number of benzene rings is 1. The monoisotopic (exact) mass is 356 g/mol. The maximum Gasteiger partial charge on any atom is 0.259 e. The Morgan fingerprint density at radius 2 is 1.85 bits per heavy atom. The lowest BCUT2D eigenvalue weighted by atomic mass is 9.95. The van der Waals surface area contributed by atoms with Gasteiger partial charge in [0.25, 0.3) is 5.91 Å². The summed E-state index contributed by atoms with van der Waals surface area (Å²) in [5.74, 6) is -0.230. The Kier molecular flexibility index (Phi) is 5.85. The van der Waals surface area contributed by atoms with E-state index in [1.807, 2.05) is 46.8 Å². The Balaban J connectivity index is 2.12. The van der Waals surface area contributed by atoms with Gasteiger partial charge >= 0.3 is 0 Å². The average Bonchev–Trinajstić information content (AvgIpc) is 2.90. The second-order valence-electron chi connectivity index (χ2n) is 7.58. The number of nitrogens with zero attached hydrogens (tertiary/aromatic N) is 2. The molecule has 2 amide bonds. The summed E-state index contributed by atoms with van der Waals surface area (Å²) in [6.45, 7) is 12.2. The van der Waals surface area contributed by atoms with E-state index in [0.29, 0.717) is 16.9 Å². The SMILES string of the molecule is CCCn1cc(C(=O)Nc2ccc(NC(=O)C(C)(C)C)c(C)c2)c(C)n1. The Hall–Kier alpha value is -2.63. The molecule has 6 nitrogen and oxygen atoms in total. The Labute approximate surface area is 155 Å². The highest BCUT2D eigenvalue weighted by Crippen LogP contribution is 2.23. The van der Waals surface area contributed by atoms with E-state index in [2.05, 4.69) is 22.7 Å². The zero-order valence-electron chi connectivity index (χ0n) is 16.4. The van der Waals surface area contributed by atoms with Crippen LogP contribution in [0.25, 0.3) is 0 Å². The fraction of sp³-hybridized carbons (Fsp3) is 0.450. The summed E-state index contributed by atoms with van der Waals surface area (Å²) in [6, 6.07) is 5.44. The molecule has 0 fully saturated rings. The number of aryl methyl sites for hydroxylation is 3. The van der Waals surface area contributed by atoms with Crippen molar-refractivity contribution >= 4 is 23.2 Å². The highest BCUT2D eigenvalue weighted by molar-refractivity contribution is 6.05. The predicted octanol–water partition coefficient (Wildman–Crippen LogP) is 4.15. The second-order valence-corrected chi connectivity index (χ2v) is 7.58. The Morgan fingerprint density at radius 1 is 1.15 bits per heavy atom. The number of nitrogens with one attached hydrogen (secondary N) is 2. The van der Waals surface area contributed by atoms with Gasteiger partial charge in [0.2, 0.25) is 5.91 Å². The first-order chi connectivity index (χ1) is 12.1. The summed E-state index contributed by atoms with van der Waals surface area (Å²) in [4.78, 5) is 24.7. The van der Waals surface area contributed by atoms with Crippen molar-refractivity contribution < 1.29 is 9.59 Å². The van der Waals surface area contributed by atoms with E-state index >= 15 is 0 Å². The molecule has 0 aliphatic carbocycles.